The van der Waals surface area contributed by atoms with Crippen molar-refractivity contribution in [2.45, 2.75) is 47.5 Å². The highest BCUT2D eigenvalue weighted by Gasteiger charge is 2.03. The molecule has 0 aliphatic heterocycles. The summed E-state index contributed by atoms with van der Waals surface area (Å²) in [5.74, 6) is 2.04. The molecule has 1 heterocycles. The van der Waals surface area contributed by atoms with Gasteiger partial charge in [-0.15, -0.1) is 0 Å². The zero-order chi connectivity index (χ0) is 10.3. The Hall–Kier alpha value is -0.860. The highest BCUT2D eigenvalue weighted by atomic mass is 16.5. The maximum atomic E-state index is 4.91. The van der Waals surface area contributed by atoms with Crippen molar-refractivity contribution in [2.75, 3.05) is 0 Å². The number of nitrogens with zero attached hydrogens (tertiary/aromatic N) is 2. The van der Waals surface area contributed by atoms with Gasteiger partial charge in [-0.3, -0.25) is 0 Å². The summed E-state index contributed by atoms with van der Waals surface area (Å²) in [6.07, 6.45) is 2.13. The zero-order valence-electron chi connectivity index (χ0n) is 9.29. The Balaban J connectivity index is 0.000000424. The van der Waals surface area contributed by atoms with E-state index in [9.17, 15) is 0 Å². The molecular weight excluding hydrogens is 164 g/mol. The Labute approximate surface area is 80.5 Å². The molecule has 76 valence electrons. The van der Waals surface area contributed by atoms with Crippen molar-refractivity contribution in [3.05, 3.63) is 11.7 Å². The third-order valence-corrected chi connectivity index (χ3v) is 1.15. The van der Waals surface area contributed by atoms with Crippen molar-refractivity contribution in [1.82, 2.24) is 10.1 Å². The zero-order valence-corrected chi connectivity index (χ0v) is 9.29. The third kappa shape index (κ3) is 6.31. The number of hydrogen-bond acceptors (Lipinski definition) is 3. The van der Waals surface area contributed by atoms with Crippen LogP contribution in [0.25, 0.3) is 0 Å². The molecule has 0 saturated carbocycles. The molecule has 0 amide bonds. The van der Waals surface area contributed by atoms with Gasteiger partial charge in [-0.05, 0) is 12.8 Å². The molecule has 3 heteroatoms. The van der Waals surface area contributed by atoms with E-state index in [-0.39, 0.29) is 0 Å². The summed E-state index contributed by atoms with van der Waals surface area (Å²) in [5, 5.41) is 3.68. The SMILES string of the molecule is CCC.Cc1noc(CC(C)C)n1. The first kappa shape index (κ1) is 12.1. The summed E-state index contributed by atoms with van der Waals surface area (Å²) in [6.45, 7) is 10.3. The first-order chi connectivity index (χ1) is 6.10. The van der Waals surface area contributed by atoms with Gasteiger partial charge in [0.2, 0.25) is 5.89 Å². The van der Waals surface area contributed by atoms with E-state index >= 15 is 0 Å². The Morgan fingerprint density at radius 3 is 2.15 bits per heavy atom. The minimum atomic E-state index is 0.583. The van der Waals surface area contributed by atoms with Crippen LogP contribution in [0.1, 0.15) is 45.8 Å². The fourth-order valence-electron chi connectivity index (χ4n) is 0.772. The molecule has 0 atom stereocenters. The Bertz CT molecular complexity index is 218. The summed E-state index contributed by atoms with van der Waals surface area (Å²) in [7, 11) is 0. The van der Waals surface area contributed by atoms with Gasteiger partial charge in [-0.25, -0.2) is 0 Å². The molecule has 1 aromatic rings. The van der Waals surface area contributed by atoms with Crippen molar-refractivity contribution in [2.24, 2.45) is 5.92 Å². The van der Waals surface area contributed by atoms with Gasteiger partial charge in [0.15, 0.2) is 5.82 Å². The van der Waals surface area contributed by atoms with Crippen LogP contribution in [0.2, 0.25) is 0 Å². The molecule has 0 spiro atoms. The van der Waals surface area contributed by atoms with Gasteiger partial charge >= 0.3 is 0 Å². The van der Waals surface area contributed by atoms with E-state index in [1.807, 2.05) is 6.92 Å². The van der Waals surface area contributed by atoms with E-state index in [1.165, 1.54) is 6.42 Å². The van der Waals surface area contributed by atoms with Gasteiger partial charge in [0, 0.05) is 6.42 Å². The van der Waals surface area contributed by atoms with Crippen LogP contribution in [0.15, 0.2) is 4.52 Å². The van der Waals surface area contributed by atoms with Crippen molar-refractivity contribution < 1.29 is 4.52 Å². The van der Waals surface area contributed by atoms with Crippen LogP contribution < -0.4 is 0 Å². The lowest BCUT2D eigenvalue weighted by Crippen LogP contribution is -1.93. The average Bonchev–Trinajstić information content (AvgIpc) is 2.35. The summed E-state index contributed by atoms with van der Waals surface area (Å²) >= 11 is 0. The molecule has 1 aromatic heterocycles. The number of hydrogen-bond donors (Lipinski definition) is 0. The second-order valence-electron chi connectivity index (χ2n) is 3.54. The van der Waals surface area contributed by atoms with Crippen LogP contribution in [-0.2, 0) is 6.42 Å². The molecule has 0 fully saturated rings. The predicted molar refractivity (Wildman–Crippen MR) is 53.5 cm³/mol. The van der Waals surface area contributed by atoms with Crippen LogP contribution in [0.4, 0.5) is 0 Å². The molecule has 0 bridgehead atoms. The molecule has 13 heavy (non-hydrogen) atoms. The van der Waals surface area contributed by atoms with E-state index in [1.54, 1.807) is 0 Å². The van der Waals surface area contributed by atoms with Gasteiger partial charge < -0.3 is 4.52 Å². The molecule has 0 aliphatic carbocycles. The summed E-state index contributed by atoms with van der Waals surface area (Å²) in [4.78, 5) is 4.07. The fourth-order valence-corrected chi connectivity index (χ4v) is 0.772. The minimum absolute atomic E-state index is 0.583. The molecule has 0 unspecified atom stereocenters. The molecule has 0 saturated heterocycles. The van der Waals surface area contributed by atoms with Crippen LogP contribution in [0, 0.1) is 12.8 Å². The van der Waals surface area contributed by atoms with Gasteiger partial charge in [0.1, 0.15) is 0 Å². The monoisotopic (exact) mass is 184 g/mol. The van der Waals surface area contributed by atoms with E-state index < -0.39 is 0 Å². The van der Waals surface area contributed by atoms with E-state index in [0.29, 0.717) is 5.92 Å². The van der Waals surface area contributed by atoms with Crippen molar-refractivity contribution in [1.29, 1.82) is 0 Å². The lowest BCUT2D eigenvalue weighted by molar-refractivity contribution is 0.360. The smallest absolute Gasteiger partial charge is 0.226 e. The van der Waals surface area contributed by atoms with Gasteiger partial charge in [0.05, 0.1) is 0 Å². The molecule has 0 radical (unpaired) electrons. The fraction of sp³-hybridized carbons (Fsp3) is 0.800. The highest BCUT2D eigenvalue weighted by molar-refractivity contribution is 4.83. The van der Waals surface area contributed by atoms with Crippen molar-refractivity contribution in [3.8, 4) is 0 Å². The van der Waals surface area contributed by atoms with Crippen molar-refractivity contribution >= 4 is 0 Å². The number of aromatic nitrogens is 2. The average molecular weight is 184 g/mol. The van der Waals surface area contributed by atoms with E-state index in [2.05, 4.69) is 37.8 Å². The van der Waals surface area contributed by atoms with Crippen LogP contribution in [0.3, 0.4) is 0 Å². The lowest BCUT2D eigenvalue weighted by atomic mass is 10.1. The van der Waals surface area contributed by atoms with Crippen molar-refractivity contribution in [3.63, 3.8) is 0 Å². The van der Waals surface area contributed by atoms with Gasteiger partial charge in [-0.2, -0.15) is 4.98 Å². The quantitative estimate of drug-likeness (QED) is 0.709. The Morgan fingerprint density at radius 2 is 1.85 bits per heavy atom. The van der Waals surface area contributed by atoms with Crippen LogP contribution >= 0.6 is 0 Å². The largest absolute Gasteiger partial charge is 0.339 e. The Morgan fingerprint density at radius 1 is 1.31 bits per heavy atom. The number of aryl methyl sites for hydroxylation is 1. The van der Waals surface area contributed by atoms with E-state index in [0.717, 1.165) is 18.1 Å². The van der Waals surface area contributed by atoms with E-state index in [4.69, 9.17) is 4.52 Å². The van der Waals surface area contributed by atoms with Crippen LogP contribution in [0.5, 0.6) is 0 Å². The second-order valence-corrected chi connectivity index (χ2v) is 3.54. The standard InChI is InChI=1S/C7H12N2O.C3H8/c1-5(2)4-7-8-6(3)9-10-7;1-3-2/h5H,4H2,1-3H3;3H2,1-2H3. The Kier molecular flexibility index (Phi) is 6.20. The summed E-state index contributed by atoms with van der Waals surface area (Å²) < 4.78 is 4.91. The van der Waals surface area contributed by atoms with Gasteiger partial charge in [-0.1, -0.05) is 39.3 Å². The lowest BCUT2D eigenvalue weighted by Gasteiger charge is -1.95. The molecule has 1 rings (SSSR count). The molecule has 0 aromatic carbocycles. The summed E-state index contributed by atoms with van der Waals surface area (Å²) in [6, 6.07) is 0. The minimum Gasteiger partial charge on any atom is -0.339 e. The third-order valence-electron chi connectivity index (χ3n) is 1.15. The van der Waals surface area contributed by atoms with Gasteiger partial charge in [0.25, 0.3) is 0 Å². The maximum absolute atomic E-state index is 4.91. The molecule has 3 nitrogen and oxygen atoms in total. The topological polar surface area (TPSA) is 38.9 Å². The molecular formula is C10H20N2O. The second kappa shape index (κ2) is 6.63. The maximum Gasteiger partial charge on any atom is 0.226 e. The normalized spacial score (nSPS) is 9.69. The highest BCUT2D eigenvalue weighted by Crippen LogP contribution is 2.04. The van der Waals surface area contributed by atoms with Crippen LogP contribution in [-0.4, -0.2) is 10.1 Å². The summed E-state index contributed by atoms with van der Waals surface area (Å²) in [5.41, 5.74) is 0. The number of rotatable bonds is 2. The predicted octanol–water partition coefficient (Wildman–Crippen LogP) is 2.99. The first-order valence-electron chi connectivity index (χ1n) is 4.89. The molecule has 0 aliphatic rings. The first-order valence-corrected chi connectivity index (χ1v) is 4.89. The molecule has 0 N–H and O–H groups in total.